The van der Waals surface area contributed by atoms with Gasteiger partial charge in [0.1, 0.15) is 24.4 Å². The van der Waals surface area contributed by atoms with Gasteiger partial charge in [-0.2, -0.15) is 0 Å². The maximum atomic E-state index is 12.6. The first-order chi connectivity index (χ1) is 11.0. The van der Waals surface area contributed by atoms with Gasteiger partial charge in [0.15, 0.2) is 0 Å². The summed E-state index contributed by atoms with van der Waals surface area (Å²) >= 11 is 0. The van der Waals surface area contributed by atoms with Gasteiger partial charge in [0.05, 0.1) is 6.54 Å². The van der Waals surface area contributed by atoms with Crippen molar-refractivity contribution in [1.82, 2.24) is 9.80 Å². The summed E-state index contributed by atoms with van der Waals surface area (Å²) in [6, 6.07) is 5.40. The lowest BCUT2D eigenvalue weighted by molar-refractivity contribution is -0.158. The second kappa shape index (κ2) is 6.22. The lowest BCUT2D eigenvalue weighted by atomic mass is 10.1. The number of aryl methyl sites for hydroxylation is 2. The Morgan fingerprint density at radius 3 is 2.74 bits per heavy atom. The monoisotopic (exact) mass is 316 g/mol. The van der Waals surface area contributed by atoms with E-state index in [0.717, 1.165) is 24.2 Å². The van der Waals surface area contributed by atoms with E-state index < -0.39 is 0 Å². The largest absolute Gasteiger partial charge is 0.491 e. The molecule has 5 nitrogen and oxygen atoms in total. The molecule has 2 aliphatic rings. The molecule has 0 saturated carbocycles. The van der Waals surface area contributed by atoms with Crippen LogP contribution in [0, 0.1) is 13.8 Å². The second-order valence-electron chi connectivity index (χ2n) is 6.51. The van der Waals surface area contributed by atoms with Crippen LogP contribution in [-0.4, -0.2) is 53.4 Å². The Labute approximate surface area is 137 Å². The van der Waals surface area contributed by atoms with Gasteiger partial charge in [0.2, 0.25) is 11.8 Å². The predicted molar refractivity (Wildman–Crippen MR) is 87.3 cm³/mol. The third-order valence-electron chi connectivity index (χ3n) is 4.85. The summed E-state index contributed by atoms with van der Waals surface area (Å²) in [5.74, 6) is 0.971. The summed E-state index contributed by atoms with van der Waals surface area (Å²) in [6.07, 6.45) is 1.70. The minimum absolute atomic E-state index is 0.0682. The van der Waals surface area contributed by atoms with E-state index in [4.69, 9.17) is 4.74 Å². The Hall–Kier alpha value is -2.04. The van der Waals surface area contributed by atoms with Crippen molar-refractivity contribution >= 4 is 11.8 Å². The van der Waals surface area contributed by atoms with E-state index in [1.165, 1.54) is 5.56 Å². The summed E-state index contributed by atoms with van der Waals surface area (Å²) < 4.78 is 5.82. The van der Waals surface area contributed by atoms with Gasteiger partial charge in [-0.15, -0.1) is 0 Å². The van der Waals surface area contributed by atoms with Crippen molar-refractivity contribution in [2.45, 2.75) is 45.7 Å². The number of fused-ring (bicyclic) bond motifs is 1. The molecule has 0 N–H and O–H groups in total. The molecule has 2 heterocycles. The van der Waals surface area contributed by atoms with Gasteiger partial charge in [-0.1, -0.05) is 17.7 Å². The number of carbonyl (C=O) groups excluding carboxylic acids is 2. The van der Waals surface area contributed by atoms with E-state index in [9.17, 15) is 9.59 Å². The molecule has 0 spiro atoms. The lowest BCUT2D eigenvalue weighted by Gasteiger charge is -2.40. The molecule has 2 aliphatic heterocycles. The van der Waals surface area contributed by atoms with Crippen molar-refractivity contribution in [3.63, 3.8) is 0 Å². The van der Waals surface area contributed by atoms with Crippen molar-refractivity contribution in [2.75, 3.05) is 19.7 Å². The second-order valence-corrected chi connectivity index (χ2v) is 6.51. The third-order valence-corrected chi connectivity index (χ3v) is 4.85. The van der Waals surface area contributed by atoms with Crippen LogP contribution in [0.3, 0.4) is 0 Å². The van der Waals surface area contributed by atoms with Crippen LogP contribution < -0.4 is 4.74 Å². The molecule has 0 aliphatic carbocycles. The van der Waals surface area contributed by atoms with Crippen LogP contribution in [0.4, 0.5) is 0 Å². The quantitative estimate of drug-likeness (QED) is 0.852. The molecule has 1 aromatic rings. The van der Waals surface area contributed by atoms with E-state index in [1.807, 2.05) is 32.9 Å². The smallest absolute Gasteiger partial charge is 0.246 e. The molecule has 2 saturated heterocycles. The van der Waals surface area contributed by atoms with Crippen LogP contribution >= 0.6 is 0 Å². The first kappa shape index (κ1) is 15.8. The average molecular weight is 316 g/mol. The van der Waals surface area contributed by atoms with E-state index in [0.29, 0.717) is 19.7 Å². The number of hydrogen-bond acceptors (Lipinski definition) is 3. The molecule has 0 bridgehead atoms. The Morgan fingerprint density at radius 1 is 1.22 bits per heavy atom. The van der Waals surface area contributed by atoms with Crippen LogP contribution in [0.15, 0.2) is 18.2 Å². The fourth-order valence-corrected chi connectivity index (χ4v) is 3.56. The molecule has 3 rings (SSSR count). The van der Waals surface area contributed by atoms with E-state index in [1.54, 1.807) is 9.80 Å². The van der Waals surface area contributed by atoms with Crippen LogP contribution in [-0.2, 0) is 9.59 Å². The molecule has 2 amide bonds. The van der Waals surface area contributed by atoms with E-state index in [2.05, 4.69) is 6.07 Å². The van der Waals surface area contributed by atoms with Crippen molar-refractivity contribution in [1.29, 1.82) is 0 Å². The van der Waals surface area contributed by atoms with Crippen LogP contribution in [0.25, 0.3) is 0 Å². The summed E-state index contributed by atoms with van der Waals surface area (Å²) in [5, 5.41) is 0. The zero-order valence-corrected chi connectivity index (χ0v) is 14.0. The van der Waals surface area contributed by atoms with Crippen molar-refractivity contribution in [3.05, 3.63) is 29.3 Å². The van der Waals surface area contributed by atoms with Gasteiger partial charge in [0, 0.05) is 6.54 Å². The Morgan fingerprint density at radius 2 is 2.00 bits per heavy atom. The molecular weight excluding hydrogens is 292 g/mol. The fraction of sp³-hybridized carbons (Fsp3) is 0.556. The molecule has 124 valence electrons. The summed E-state index contributed by atoms with van der Waals surface area (Å²) in [4.78, 5) is 28.4. The van der Waals surface area contributed by atoms with Gasteiger partial charge in [-0.05, 0) is 45.2 Å². The van der Waals surface area contributed by atoms with Crippen LogP contribution in [0.5, 0.6) is 5.75 Å². The standard InChI is InChI=1S/C18H24N2O3/c1-12-6-7-16(13(2)11-12)23-10-9-19-14(3)17(21)20-8-4-5-15(20)18(19)22/h6-7,11,14-15H,4-5,8-10H2,1-3H3/t14-,15-/m0/s1. The van der Waals surface area contributed by atoms with Gasteiger partial charge >= 0.3 is 0 Å². The molecule has 23 heavy (non-hydrogen) atoms. The van der Waals surface area contributed by atoms with Gasteiger partial charge in [0.25, 0.3) is 0 Å². The summed E-state index contributed by atoms with van der Waals surface area (Å²) in [6.45, 7) is 7.43. The molecule has 0 unspecified atom stereocenters. The van der Waals surface area contributed by atoms with Crippen molar-refractivity contribution < 1.29 is 14.3 Å². The number of nitrogens with zero attached hydrogens (tertiary/aromatic N) is 2. The number of ether oxygens (including phenoxy) is 1. The fourth-order valence-electron chi connectivity index (χ4n) is 3.56. The Balaban J connectivity index is 1.63. The van der Waals surface area contributed by atoms with E-state index >= 15 is 0 Å². The van der Waals surface area contributed by atoms with Crippen LogP contribution in [0.2, 0.25) is 0 Å². The number of benzene rings is 1. The zero-order chi connectivity index (χ0) is 16.6. The molecule has 0 aromatic heterocycles. The minimum Gasteiger partial charge on any atom is -0.491 e. The highest BCUT2D eigenvalue weighted by Crippen LogP contribution is 2.26. The van der Waals surface area contributed by atoms with Crippen molar-refractivity contribution in [3.8, 4) is 5.75 Å². The maximum Gasteiger partial charge on any atom is 0.246 e. The number of hydrogen-bond donors (Lipinski definition) is 0. The average Bonchev–Trinajstić information content (AvgIpc) is 3.00. The normalized spacial score (nSPS) is 24.1. The minimum atomic E-state index is -0.389. The zero-order valence-electron chi connectivity index (χ0n) is 14.0. The highest BCUT2D eigenvalue weighted by molar-refractivity contribution is 5.97. The Bertz CT molecular complexity index is 629. The molecule has 2 fully saturated rings. The molecule has 1 aromatic carbocycles. The lowest BCUT2D eigenvalue weighted by Crippen LogP contribution is -2.62. The number of rotatable bonds is 4. The highest BCUT2D eigenvalue weighted by atomic mass is 16.5. The molecular formula is C18H24N2O3. The first-order valence-corrected chi connectivity index (χ1v) is 8.30. The summed E-state index contributed by atoms with van der Waals surface area (Å²) in [7, 11) is 0. The van der Waals surface area contributed by atoms with Gasteiger partial charge in [-0.3, -0.25) is 9.59 Å². The number of piperazine rings is 1. The van der Waals surface area contributed by atoms with Crippen molar-refractivity contribution in [2.24, 2.45) is 0 Å². The first-order valence-electron chi connectivity index (χ1n) is 8.30. The topological polar surface area (TPSA) is 49.9 Å². The SMILES string of the molecule is Cc1ccc(OCCN2C(=O)[C@@H]3CCCN3C(=O)[C@@H]2C)c(C)c1. The Kier molecular flexibility index (Phi) is 4.28. The van der Waals surface area contributed by atoms with Gasteiger partial charge < -0.3 is 14.5 Å². The van der Waals surface area contributed by atoms with Crippen LogP contribution in [0.1, 0.15) is 30.9 Å². The molecule has 0 radical (unpaired) electrons. The number of carbonyl (C=O) groups is 2. The van der Waals surface area contributed by atoms with E-state index in [-0.39, 0.29) is 23.9 Å². The predicted octanol–water partition coefficient (Wildman–Crippen LogP) is 1.90. The third kappa shape index (κ3) is 2.92. The number of amides is 2. The maximum absolute atomic E-state index is 12.6. The molecule has 2 atom stereocenters. The van der Waals surface area contributed by atoms with Gasteiger partial charge in [-0.25, -0.2) is 0 Å². The summed E-state index contributed by atoms with van der Waals surface area (Å²) in [5.41, 5.74) is 2.28. The highest BCUT2D eigenvalue weighted by Gasteiger charge is 2.45. The molecule has 5 heteroatoms.